The number of carboxylic acid groups (broad SMARTS) is 1. The van der Waals surface area contributed by atoms with Crippen molar-refractivity contribution < 1.29 is 33.4 Å². The van der Waals surface area contributed by atoms with Gasteiger partial charge in [-0.2, -0.15) is 0 Å². The first-order chi connectivity index (χ1) is 17.5. The molecule has 7 atom stereocenters. The molecule has 0 aliphatic heterocycles. The third kappa shape index (κ3) is 9.50. The minimum absolute atomic E-state index is 0.103. The molecule has 3 amide bonds. The van der Waals surface area contributed by atoms with E-state index in [1.165, 1.54) is 0 Å². The van der Waals surface area contributed by atoms with Gasteiger partial charge in [-0.05, 0) is 41.7 Å². The van der Waals surface area contributed by atoms with Gasteiger partial charge < -0.3 is 27.2 Å². The Bertz CT molecular complexity index is 962. The number of hydrogen-bond acceptors (Lipinski definition) is 7. The summed E-state index contributed by atoms with van der Waals surface area (Å²) in [6, 6.07) is 6.55. The number of amides is 3. The van der Waals surface area contributed by atoms with Gasteiger partial charge in [0.2, 0.25) is 17.7 Å². The van der Waals surface area contributed by atoms with Gasteiger partial charge in [0.15, 0.2) is 5.66 Å². The van der Waals surface area contributed by atoms with Crippen LogP contribution in [0, 0.1) is 11.8 Å². The van der Waals surface area contributed by atoms with Crippen LogP contribution in [0.2, 0.25) is 0 Å². The second kappa shape index (κ2) is 14.8. The lowest BCUT2D eigenvalue weighted by Crippen LogP contribution is -2.49. The van der Waals surface area contributed by atoms with Crippen LogP contribution in [0.25, 0.3) is 0 Å². The maximum Gasteiger partial charge on any atom is 0.512 e. The fraction of sp³-hybridized carbons (Fsp3) is 0.600. The van der Waals surface area contributed by atoms with Gasteiger partial charge in [-0.25, -0.2) is 4.79 Å². The van der Waals surface area contributed by atoms with E-state index in [4.69, 9.17) is 16.0 Å². The normalized spacial score (nSPS) is 20.8. The average molecular weight is 538 g/mol. The zero-order valence-electron chi connectivity index (χ0n) is 21.3. The molecule has 12 heteroatoms. The Hall–Kier alpha value is -2.88. The van der Waals surface area contributed by atoms with E-state index in [2.05, 4.69) is 10.6 Å². The number of benzene rings is 1. The molecule has 0 bridgehead atoms. The maximum absolute atomic E-state index is 13.1. The minimum Gasteiger partial charge on any atom is -0.480 e. The van der Waals surface area contributed by atoms with Crippen molar-refractivity contribution >= 4 is 31.7 Å². The van der Waals surface area contributed by atoms with E-state index in [1.54, 1.807) is 6.92 Å². The predicted molar refractivity (Wildman–Crippen MR) is 138 cm³/mol. The average Bonchev–Trinajstić information content (AvgIpc) is 3.35. The molecule has 11 nitrogen and oxygen atoms in total. The van der Waals surface area contributed by atoms with E-state index in [9.17, 15) is 28.8 Å². The predicted octanol–water partition coefficient (Wildman–Crippen LogP) is 1.46. The molecule has 0 aromatic heterocycles. The molecular weight excluding hydrogens is 499 g/mol. The Kier molecular flexibility index (Phi) is 12.1. The van der Waals surface area contributed by atoms with E-state index in [-0.39, 0.29) is 18.9 Å². The summed E-state index contributed by atoms with van der Waals surface area (Å²) in [6.07, 6.45) is 2.29. The molecule has 2 rings (SSSR count). The first-order valence-electron chi connectivity index (χ1n) is 12.5. The highest BCUT2D eigenvalue weighted by atomic mass is 31.1. The number of rotatable bonds is 15. The Labute approximate surface area is 217 Å². The van der Waals surface area contributed by atoms with Crippen LogP contribution in [-0.2, 0) is 34.7 Å². The highest BCUT2D eigenvalue weighted by Gasteiger charge is 2.48. The number of nitrogens with two attached hydrogens (primary N) is 2. The van der Waals surface area contributed by atoms with E-state index in [1.807, 2.05) is 37.3 Å². The van der Waals surface area contributed by atoms with Crippen molar-refractivity contribution in [2.24, 2.45) is 23.3 Å². The molecule has 204 valence electrons. The highest BCUT2D eigenvalue weighted by molar-refractivity contribution is 7.40. The lowest BCUT2D eigenvalue weighted by Gasteiger charge is -2.22. The summed E-state index contributed by atoms with van der Waals surface area (Å²) in [5.41, 5.74) is 11.2. The van der Waals surface area contributed by atoms with Gasteiger partial charge in [0.25, 0.3) is 0 Å². The summed E-state index contributed by atoms with van der Waals surface area (Å²) >= 11 is 0. The van der Waals surface area contributed by atoms with Gasteiger partial charge in [-0.3, -0.25) is 14.4 Å². The van der Waals surface area contributed by atoms with Crippen LogP contribution in [0.5, 0.6) is 0 Å². The third-order valence-electron chi connectivity index (χ3n) is 6.70. The molecule has 37 heavy (non-hydrogen) atoms. The fourth-order valence-corrected chi connectivity index (χ4v) is 5.86. The summed E-state index contributed by atoms with van der Waals surface area (Å²) in [4.78, 5) is 48.2. The number of hydrogen-bond donors (Lipinski definition) is 5. The Morgan fingerprint density at radius 2 is 1.84 bits per heavy atom. The van der Waals surface area contributed by atoms with Crippen LogP contribution in [0.1, 0.15) is 51.5 Å². The van der Waals surface area contributed by atoms with E-state index < -0.39 is 61.4 Å². The zero-order valence-corrected chi connectivity index (χ0v) is 22.2. The third-order valence-corrected chi connectivity index (χ3v) is 8.26. The molecule has 0 heterocycles. The minimum atomic E-state index is -2.29. The number of carbonyl (C=O) groups is 4. The standard InChI is InChI=1S/C25H37N4O7P/c1-3-15(2)22(25(33)34)29-23(31)18-10-7-11-20(18)37(35)36-14-17(12-16-8-5-4-6-9-16)28-24(32)19(26)13-21(27)30/h4-6,8-9,15,17-20,22H,3,7,10-14,26H2,1-2H3,(H4-,27,28,29,30,31,32,33,34)/p+1/t15-,17?,18?,19-,20?,22-/m0/s1. The molecular formula is C25H38N4O7P+. The number of carboxylic acids is 1. The Morgan fingerprint density at radius 3 is 2.43 bits per heavy atom. The van der Waals surface area contributed by atoms with Gasteiger partial charge >= 0.3 is 14.0 Å². The lowest BCUT2D eigenvalue weighted by atomic mass is 9.98. The van der Waals surface area contributed by atoms with Crippen molar-refractivity contribution in [3.05, 3.63) is 35.9 Å². The van der Waals surface area contributed by atoms with Gasteiger partial charge in [-0.15, -0.1) is 4.52 Å². The first-order valence-corrected chi connectivity index (χ1v) is 13.8. The van der Waals surface area contributed by atoms with Crippen LogP contribution < -0.4 is 22.1 Å². The number of nitrogens with one attached hydrogen (secondary N) is 2. The van der Waals surface area contributed by atoms with Gasteiger partial charge in [-0.1, -0.05) is 50.6 Å². The molecule has 1 aliphatic carbocycles. The monoisotopic (exact) mass is 537 g/mol. The second-order valence-corrected chi connectivity index (χ2v) is 11.1. The molecule has 0 spiro atoms. The highest BCUT2D eigenvalue weighted by Crippen LogP contribution is 2.44. The molecule has 1 aromatic rings. The largest absolute Gasteiger partial charge is 0.512 e. The molecule has 1 aromatic carbocycles. The van der Waals surface area contributed by atoms with Gasteiger partial charge in [0.1, 0.15) is 12.6 Å². The van der Waals surface area contributed by atoms with Crippen molar-refractivity contribution in [1.29, 1.82) is 0 Å². The van der Waals surface area contributed by atoms with Crippen molar-refractivity contribution in [2.75, 3.05) is 6.61 Å². The molecule has 1 aliphatic rings. The molecule has 4 unspecified atom stereocenters. The van der Waals surface area contributed by atoms with Crippen molar-refractivity contribution in [1.82, 2.24) is 10.6 Å². The summed E-state index contributed by atoms with van der Waals surface area (Å²) in [6.45, 7) is 3.50. The molecule has 7 N–H and O–H groups in total. The quantitative estimate of drug-likeness (QED) is 0.208. The van der Waals surface area contributed by atoms with Crippen molar-refractivity contribution in [3.63, 3.8) is 0 Å². The van der Waals surface area contributed by atoms with E-state index in [0.717, 1.165) is 5.56 Å². The van der Waals surface area contributed by atoms with Crippen LogP contribution in [0.4, 0.5) is 0 Å². The zero-order chi connectivity index (χ0) is 27.5. The maximum atomic E-state index is 13.1. The summed E-state index contributed by atoms with van der Waals surface area (Å²) in [7, 11) is -2.29. The Balaban J connectivity index is 2.05. The van der Waals surface area contributed by atoms with Crippen LogP contribution in [0.3, 0.4) is 0 Å². The molecule has 0 saturated heterocycles. The van der Waals surface area contributed by atoms with Crippen LogP contribution >= 0.6 is 8.03 Å². The fourth-order valence-electron chi connectivity index (χ4n) is 4.37. The number of aliphatic carboxylic acids is 1. The molecule has 1 saturated carbocycles. The summed E-state index contributed by atoms with van der Waals surface area (Å²) in [5, 5.41) is 14.9. The molecule has 0 radical (unpaired) electrons. The summed E-state index contributed by atoms with van der Waals surface area (Å²) in [5.74, 6) is -3.71. The molecule has 1 fully saturated rings. The topological polar surface area (TPSA) is 191 Å². The number of carbonyl (C=O) groups excluding carboxylic acids is 3. The first kappa shape index (κ1) is 30.3. The lowest BCUT2D eigenvalue weighted by molar-refractivity contribution is -0.144. The van der Waals surface area contributed by atoms with Crippen molar-refractivity contribution in [3.8, 4) is 0 Å². The van der Waals surface area contributed by atoms with E-state index >= 15 is 0 Å². The van der Waals surface area contributed by atoms with Crippen LogP contribution in [-0.4, -0.2) is 59.2 Å². The summed E-state index contributed by atoms with van der Waals surface area (Å²) < 4.78 is 18.8. The van der Waals surface area contributed by atoms with E-state index in [0.29, 0.717) is 32.1 Å². The van der Waals surface area contributed by atoms with Crippen LogP contribution in [0.15, 0.2) is 30.3 Å². The van der Waals surface area contributed by atoms with Gasteiger partial charge in [0, 0.05) is 0 Å². The SMILES string of the molecule is CC[C@H](C)[C@H](NC(=O)C1CCCC1[P+](=O)OCC(Cc1ccccc1)NC(=O)[C@@H](N)CC(N)=O)C(=O)O. The van der Waals surface area contributed by atoms with Gasteiger partial charge in [0.05, 0.1) is 24.4 Å². The van der Waals surface area contributed by atoms with Crippen molar-refractivity contribution in [2.45, 2.75) is 76.2 Å². The Morgan fingerprint density at radius 1 is 1.16 bits per heavy atom. The second-order valence-electron chi connectivity index (χ2n) is 9.57. The number of primary amides is 1. The smallest absolute Gasteiger partial charge is 0.480 e.